The van der Waals surface area contributed by atoms with Gasteiger partial charge in [0.2, 0.25) is 0 Å². The maximum absolute atomic E-state index is 3.20. The molecule has 1 aliphatic carbocycles. The summed E-state index contributed by atoms with van der Waals surface area (Å²) in [6, 6.07) is 6.41. The van der Waals surface area contributed by atoms with E-state index in [-0.39, 0.29) is 0 Å². The molecule has 0 fully saturated rings. The summed E-state index contributed by atoms with van der Waals surface area (Å²) in [7, 11) is 0. The van der Waals surface area contributed by atoms with Crippen LogP contribution in [0.25, 0.3) is 6.08 Å². The van der Waals surface area contributed by atoms with Crippen LogP contribution in [0.3, 0.4) is 0 Å². The summed E-state index contributed by atoms with van der Waals surface area (Å²) in [5.74, 6) is 0. The van der Waals surface area contributed by atoms with Crippen molar-refractivity contribution in [3.05, 3.63) is 41.0 Å². The van der Waals surface area contributed by atoms with Crippen LogP contribution in [0.15, 0.2) is 18.2 Å². The van der Waals surface area contributed by atoms with E-state index in [4.69, 9.17) is 0 Å². The Morgan fingerprint density at radius 2 is 2.30 bits per heavy atom. The highest BCUT2D eigenvalue weighted by molar-refractivity contribution is 5.60. The maximum Gasteiger partial charge on any atom is -0.00167 e. The van der Waals surface area contributed by atoms with Crippen LogP contribution in [0.1, 0.15) is 16.7 Å². The molecule has 0 heteroatoms. The smallest absolute Gasteiger partial charge is 0.00167 e. The van der Waals surface area contributed by atoms with E-state index < -0.39 is 0 Å². The topological polar surface area (TPSA) is 0 Å². The zero-order valence-corrected chi connectivity index (χ0v) is 6.02. The molecule has 1 aromatic carbocycles. The summed E-state index contributed by atoms with van der Waals surface area (Å²) >= 11 is 0. The monoisotopic (exact) mass is 129 g/mol. The summed E-state index contributed by atoms with van der Waals surface area (Å²) in [6.07, 6.45) is 6.29. The average molecular weight is 129 g/mol. The number of aryl methyl sites for hydroxylation is 1. The van der Waals surface area contributed by atoms with Gasteiger partial charge in [-0.1, -0.05) is 24.3 Å². The number of hydrogen-bond acceptors (Lipinski definition) is 0. The Bertz CT molecular complexity index is 282. The molecule has 0 atom stereocenters. The molecular weight excluding hydrogens is 120 g/mol. The summed E-state index contributed by atoms with van der Waals surface area (Å²) in [5.41, 5.74) is 4.16. The lowest BCUT2D eigenvalue weighted by Gasteiger charge is -1.99. The van der Waals surface area contributed by atoms with E-state index in [0.29, 0.717) is 0 Å². The lowest BCUT2D eigenvalue weighted by molar-refractivity contribution is 1.26. The predicted octanol–water partition coefficient (Wildman–Crippen LogP) is 2.37. The molecule has 1 aromatic rings. The molecule has 0 saturated carbocycles. The minimum atomic E-state index is 0.997. The fourth-order valence-corrected chi connectivity index (χ4v) is 1.37. The molecule has 0 saturated heterocycles. The largest absolute Gasteiger partial charge is 0.0617 e. The van der Waals surface area contributed by atoms with Crippen molar-refractivity contribution in [3.8, 4) is 0 Å². The molecule has 0 unspecified atom stereocenters. The van der Waals surface area contributed by atoms with Crippen molar-refractivity contribution in [3.63, 3.8) is 0 Å². The van der Waals surface area contributed by atoms with Crippen molar-refractivity contribution in [1.82, 2.24) is 0 Å². The first-order valence-corrected chi connectivity index (χ1v) is 3.53. The van der Waals surface area contributed by atoms with Gasteiger partial charge in [0.15, 0.2) is 0 Å². The third kappa shape index (κ3) is 0.688. The normalized spacial score (nSPS) is 13.7. The van der Waals surface area contributed by atoms with Gasteiger partial charge in [0.25, 0.3) is 0 Å². The molecule has 0 aromatic heterocycles. The second-order valence-electron chi connectivity index (χ2n) is 2.67. The quantitative estimate of drug-likeness (QED) is 0.504. The first-order valence-electron chi connectivity index (χ1n) is 3.53. The first-order chi connectivity index (χ1) is 4.88. The number of fused-ring (bicyclic) bond motifs is 1. The Hall–Kier alpha value is -1.04. The molecule has 1 radical (unpaired) electrons. The molecule has 49 valence electrons. The average Bonchev–Trinajstić information content (AvgIpc) is 2.36. The number of hydrogen-bond donors (Lipinski definition) is 0. The summed E-state index contributed by atoms with van der Waals surface area (Å²) < 4.78 is 0. The van der Waals surface area contributed by atoms with Crippen molar-refractivity contribution < 1.29 is 0 Å². The SMILES string of the molecule is Cc1cccc2c1C=[C]C2. The van der Waals surface area contributed by atoms with E-state index in [1.165, 1.54) is 16.7 Å². The standard InChI is InChI=1S/C10H9/c1-8-4-2-5-9-6-3-7-10(8)9/h2,4-5,7H,6H2,1H3. The number of rotatable bonds is 0. The van der Waals surface area contributed by atoms with Crippen molar-refractivity contribution >= 4 is 6.08 Å². The first kappa shape index (κ1) is 5.72. The van der Waals surface area contributed by atoms with Crippen LogP contribution >= 0.6 is 0 Å². The van der Waals surface area contributed by atoms with Gasteiger partial charge >= 0.3 is 0 Å². The fraction of sp³-hybridized carbons (Fsp3) is 0.200. The van der Waals surface area contributed by atoms with Gasteiger partial charge in [-0.05, 0) is 36.1 Å². The van der Waals surface area contributed by atoms with Gasteiger partial charge in [-0.2, -0.15) is 0 Å². The Labute approximate surface area is 61.2 Å². The molecule has 10 heavy (non-hydrogen) atoms. The van der Waals surface area contributed by atoms with E-state index in [1.54, 1.807) is 0 Å². The van der Waals surface area contributed by atoms with Gasteiger partial charge < -0.3 is 0 Å². The summed E-state index contributed by atoms with van der Waals surface area (Å²) in [6.45, 7) is 2.14. The van der Waals surface area contributed by atoms with E-state index in [2.05, 4.69) is 37.3 Å². The van der Waals surface area contributed by atoms with Crippen LogP contribution in [0, 0.1) is 13.0 Å². The number of benzene rings is 1. The maximum atomic E-state index is 3.20. The molecule has 0 nitrogen and oxygen atoms in total. The van der Waals surface area contributed by atoms with Crippen LogP contribution in [-0.4, -0.2) is 0 Å². The minimum absolute atomic E-state index is 0.997. The van der Waals surface area contributed by atoms with Gasteiger partial charge in [-0.15, -0.1) is 0 Å². The molecular formula is C10H9. The second kappa shape index (κ2) is 1.98. The van der Waals surface area contributed by atoms with Gasteiger partial charge in [-0.3, -0.25) is 0 Å². The Balaban J connectivity index is 2.67. The molecule has 0 spiro atoms. The fourth-order valence-electron chi connectivity index (χ4n) is 1.37. The molecule has 0 amide bonds. The highest BCUT2D eigenvalue weighted by Crippen LogP contribution is 2.21. The Kier molecular flexibility index (Phi) is 1.13. The van der Waals surface area contributed by atoms with Gasteiger partial charge in [0.1, 0.15) is 0 Å². The molecule has 0 aliphatic heterocycles. The van der Waals surface area contributed by atoms with Crippen molar-refractivity contribution in [2.45, 2.75) is 13.3 Å². The molecule has 2 rings (SSSR count). The second-order valence-corrected chi connectivity index (χ2v) is 2.67. The zero-order chi connectivity index (χ0) is 6.97. The molecule has 0 bridgehead atoms. The Morgan fingerprint density at radius 1 is 1.40 bits per heavy atom. The van der Waals surface area contributed by atoms with Crippen molar-refractivity contribution in [2.75, 3.05) is 0 Å². The van der Waals surface area contributed by atoms with Crippen molar-refractivity contribution in [2.24, 2.45) is 0 Å². The van der Waals surface area contributed by atoms with Crippen LogP contribution in [0.2, 0.25) is 0 Å². The minimum Gasteiger partial charge on any atom is -0.0617 e. The van der Waals surface area contributed by atoms with E-state index in [1.807, 2.05) is 0 Å². The van der Waals surface area contributed by atoms with Gasteiger partial charge in [-0.25, -0.2) is 0 Å². The highest BCUT2D eigenvalue weighted by Gasteiger charge is 2.05. The number of allylic oxidation sites excluding steroid dienone is 1. The lowest BCUT2D eigenvalue weighted by Crippen LogP contribution is -1.83. The van der Waals surface area contributed by atoms with E-state index in [0.717, 1.165) is 6.42 Å². The van der Waals surface area contributed by atoms with Crippen LogP contribution < -0.4 is 0 Å². The summed E-state index contributed by atoms with van der Waals surface area (Å²) in [4.78, 5) is 0. The summed E-state index contributed by atoms with van der Waals surface area (Å²) in [5, 5.41) is 0. The third-order valence-electron chi connectivity index (χ3n) is 1.95. The molecule has 0 N–H and O–H groups in total. The zero-order valence-electron chi connectivity index (χ0n) is 6.02. The van der Waals surface area contributed by atoms with Crippen LogP contribution in [0.4, 0.5) is 0 Å². The Morgan fingerprint density at radius 3 is 3.10 bits per heavy atom. The van der Waals surface area contributed by atoms with Gasteiger partial charge in [0, 0.05) is 0 Å². The molecule has 0 heterocycles. The van der Waals surface area contributed by atoms with Gasteiger partial charge in [0.05, 0.1) is 0 Å². The third-order valence-corrected chi connectivity index (χ3v) is 1.95. The van der Waals surface area contributed by atoms with E-state index >= 15 is 0 Å². The van der Waals surface area contributed by atoms with Crippen molar-refractivity contribution in [1.29, 1.82) is 0 Å². The lowest BCUT2D eigenvalue weighted by atomic mass is 10.1. The predicted molar refractivity (Wildman–Crippen MR) is 42.6 cm³/mol. The van der Waals surface area contributed by atoms with Crippen LogP contribution in [-0.2, 0) is 6.42 Å². The van der Waals surface area contributed by atoms with E-state index in [9.17, 15) is 0 Å². The molecule has 1 aliphatic rings. The van der Waals surface area contributed by atoms with Crippen LogP contribution in [0.5, 0.6) is 0 Å². The highest BCUT2D eigenvalue weighted by atomic mass is 14.1.